The number of H-pyrrole nitrogens is 2. The summed E-state index contributed by atoms with van der Waals surface area (Å²) in [6.45, 7) is 6.19. The molecule has 0 bridgehead atoms. The van der Waals surface area contributed by atoms with Gasteiger partial charge in [0.2, 0.25) is 5.91 Å². The van der Waals surface area contributed by atoms with Crippen molar-refractivity contribution in [3.63, 3.8) is 0 Å². The quantitative estimate of drug-likeness (QED) is 0.0731. The lowest BCUT2D eigenvalue weighted by Crippen LogP contribution is -2.45. The third kappa shape index (κ3) is 14.4. The zero-order chi connectivity index (χ0) is 29.0. The van der Waals surface area contributed by atoms with Gasteiger partial charge in [-0.2, -0.15) is 0 Å². The van der Waals surface area contributed by atoms with Crippen molar-refractivity contribution >= 4 is 5.91 Å². The Hall–Kier alpha value is -2.31. The number of allylic oxidation sites excluding steroid dienone is 1. The minimum absolute atomic E-state index is 0.123. The van der Waals surface area contributed by atoms with Crippen molar-refractivity contribution in [3.05, 3.63) is 58.7 Å². The fourth-order valence-electron chi connectivity index (χ4n) is 5.31. The molecule has 0 aliphatic carbocycles. The zero-order valence-corrected chi connectivity index (χ0v) is 25.6. The van der Waals surface area contributed by atoms with Gasteiger partial charge in [-0.25, -0.2) is 0 Å². The summed E-state index contributed by atoms with van der Waals surface area (Å²) in [5.74, 6) is -0.123. The van der Waals surface area contributed by atoms with E-state index in [2.05, 4.69) is 54.3 Å². The van der Waals surface area contributed by atoms with Crippen LogP contribution in [0.15, 0.2) is 30.4 Å². The Morgan fingerprint density at radius 1 is 0.900 bits per heavy atom. The van der Waals surface area contributed by atoms with Crippen molar-refractivity contribution in [2.75, 3.05) is 6.61 Å². The highest BCUT2D eigenvalue weighted by Crippen LogP contribution is 2.16. The molecule has 5 N–H and O–H groups in total. The highest BCUT2D eigenvalue weighted by atomic mass is 16.3. The second kappa shape index (κ2) is 20.5. The van der Waals surface area contributed by atoms with Crippen LogP contribution >= 0.6 is 0 Å². The van der Waals surface area contributed by atoms with Gasteiger partial charge in [0.1, 0.15) is 0 Å². The minimum atomic E-state index is -0.869. The van der Waals surface area contributed by atoms with Gasteiger partial charge in [0.15, 0.2) is 0 Å². The van der Waals surface area contributed by atoms with Gasteiger partial charge in [0.05, 0.1) is 18.8 Å². The lowest BCUT2D eigenvalue weighted by molar-refractivity contribution is -0.123. The molecule has 2 heterocycles. The molecule has 226 valence electrons. The lowest BCUT2D eigenvalue weighted by atomic mass is 10.0. The Bertz CT molecular complexity index is 962. The number of amides is 1. The van der Waals surface area contributed by atoms with Crippen molar-refractivity contribution in [3.8, 4) is 0 Å². The fourth-order valence-corrected chi connectivity index (χ4v) is 5.31. The Balaban J connectivity index is 1.52. The van der Waals surface area contributed by atoms with E-state index in [0.717, 1.165) is 38.5 Å². The number of carbonyl (C=O) groups is 1. The van der Waals surface area contributed by atoms with Crippen molar-refractivity contribution in [2.24, 2.45) is 0 Å². The van der Waals surface area contributed by atoms with Crippen LogP contribution in [0.25, 0.3) is 0 Å². The molecular weight excluding hydrogens is 498 g/mol. The third-order valence-electron chi connectivity index (χ3n) is 7.79. The van der Waals surface area contributed by atoms with Gasteiger partial charge in [-0.1, -0.05) is 83.3 Å². The maximum absolute atomic E-state index is 12.4. The Kier molecular flexibility index (Phi) is 17.4. The molecule has 0 radical (unpaired) electrons. The number of aliphatic hydroxyl groups excluding tert-OH is 2. The van der Waals surface area contributed by atoms with E-state index in [1.165, 1.54) is 92.5 Å². The molecule has 40 heavy (non-hydrogen) atoms. The van der Waals surface area contributed by atoms with Crippen LogP contribution in [0.5, 0.6) is 0 Å². The van der Waals surface area contributed by atoms with Gasteiger partial charge in [0.25, 0.3) is 0 Å². The van der Waals surface area contributed by atoms with E-state index in [-0.39, 0.29) is 12.5 Å². The Morgan fingerprint density at radius 3 is 2.17 bits per heavy atom. The largest absolute Gasteiger partial charge is 0.394 e. The normalized spacial score (nSPS) is 13.2. The van der Waals surface area contributed by atoms with Gasteiger partial charge in [0, 0.05) is 35.6 Å². The van der Waals surface area contributed by atoms with E-state index >= 15 is 0 Å². The minimum Gasteiger partial charge on any atom is -0.394 e. The van der Waals surface area contributed by atoms with Crippen LogP contribution < -0.4 is 5.32 Å². The number of nitrogens with one attached hydrogen (secondary N) is 3. The first kappa shape index (κ1) is 33.9. The topological polar surface area (TPSA) is 101 Å². The maximum Gasteiger partial charge on any atom is 0.220 e. The molecule has 0 aliphatic heterocycles. The predicted octanol–water partition coefficient (Wildman–Crippen LogP) is 7.36. The van der Waals surface area contributed by atoms with E-state index in [1.807, 2.05) is 6.08 Å². The molecule has 2 aromatic rings. The third-order valence-corrected chi connectivity index (χ3v) is 7.79. The molecule has 1 amide bonds. The van der Waals surface area contributed by atoms with E-state index < -0.39 is 12.1 Å². The molecule has 0 saturated carbocycles. The van der Waals surface area contributed by atoms with Crippen molar-refractivity contribution in [1.29, 1.82) is 0 Å². The van der Waals surface area contributed by atoms with Gasteiger partial charge in [-0.05, 0) is 69.7 Å². The summed E-state index contributed by atoms with van der Waals surface area (Å²) >= 11 is 0. The summed E-state index contributed by atoms with van der Waals surface area (Å²) in [4.78, 5) is 19.3. The molecule has 6 heteroatoms. The Morgan fingerprint density at radius 2 is 1.55 bits per heavy atom. The molecule has 0 unspecified atom stereocenters. The second-order valence-corrected chi connectivity index (χ2v) is 11.6. The lowest BCUT2D eigenvalue weighted by Gasteiger charge is -2.20. The number of aromatic amines is 2. The first-order chi connectivity index (χ1) is 19.4. The van der Waals surface area contributed by atoms with E-state index in [1.54, 1.807) is 6.08 Å². The Labute approximate surface area is 243 Å². The van der Waals surface area contributed by atoms with Crippen LogP contribution in [0.4, 0.5) is 0 Å². The average molecular weight is 556 g/mol. The molecule has 0 spiro atoms. The number of aryl methyl sites for hydroxylation is 3. The first-order valence-corrected chi connectivity index (χ1v) is 16.0. The summed E-state index contributed by atoms with van der Waals surface area (Å²) in [5, 5.41) is 22.9. The van der Waals surface area contributed by atoms with E-state index in [9.17, 15) is 15.0 Å². The number of aromatic nitrogens is 2. The highest BCUT2D eigenvalue weighted by Gasteiger charge is 2.18. The van der Waals surface area contributed by atoms with Crippen LogP contribution in [0.2, 0.25) is 0 Å². The fraction of sp³-hybridized carbons (Fsp3) is 0.676. The van der Waals surface area contributed by atoms with Crippen LogP contribution in [0.3, 0.4) is 0 Å². The summed E-state index contributed by atoms with van der Waals surface area (Å²) in [5.41, 5.74) is 6.08. The number of rotatable bonds is 23. The number of unbranched alkanes of at least 4 members (excludes halogenated alkanes) is 12. The van der Waals surface area contributed by atoms with Crippen molar-refractivity contribution in [2.45, 2.75) is 142 Å². The number of carbonyl (C=O) groups excluding carboxylic acids is 1. The maximum atomic E-state index is 12.4. The van der Waals surface area contributed by atoms with Gasteiger partial charge in [-0.15, -0.1) is 0 Å². The molecule has 0 fully saturated rings. The average Bonchev–Trinajstić information content (AvgIpc) is 3.52. The van der Waals surface area contributed by atoms with Gasteiger partial charge in [-0.3, -0.25) is 4.79 Å². The smallest absolute Gasteiger partial charge is 0.220 e. The molecular formula is C34H57N3O3. The van der Waals surface area contributed by atoms with Crippen LogP contribution in [-0.4, -0.2) is 44.8 Å². The monoisotopic (exact) mass is 555 g/mol. The van der Waals surface area contributed by atoms with Crippen LogP contribution in [-0.2, 0) is 17.6 Å². The SMILES string of the molecule is CCCCCCCCCCCCC/C=C/[C@@H](O)[C@H](CO)NC(=O)CCCCc1ccc(Cc2[nH]c(C)cc2C)[nH]1. The van der Waals surface area contributed by atoms with E-state index in [4.69, 9.17) is 0 Å². The number of aliphatic hydroxyl groups is 2. The summed E-state index contributed by atoms with van der Waals surface area (Å²) in [6, 6.07) is 5.77. The summed E-state index contributed by atoms with van der Waals surface area (Å²) < 4.78 is 0. The second-order valence-electron chi connectivity index (χ2n) is 11.6. The summed E-state index contributed by atoms with van der Waals surface area (Å²) in [6.07, 6.45) is 22.0. The van der Waals surface area contributed by atoms with Crippen LogP contribution in [0, 0.1) is 13.8 Å². The predicted molar refractivity (Wildman–Crippen MR) is 167 cm³/mol. The first-order valence-electron chi connectivity index (χ1n) is 16.0. The molecule has 6 nitrogen and oxygen atoms in total. The summed E-state index contributed by atoms with van der Waals surface area (Å²) in [7, 11) is 0. The highest BCUT2D eigenvalue weighted by molar-refractivity contribution is 5.76. The molecule has 0 aromatic carbocycles. The molecule has 2 rings (SSSR count). The van der Waals surface area contributed by atoms with Gasteiger partial charge < -0.3 is 25.5 Å². The van der Waals surface area contributed by atoms with Crippen LogP contribution in [0.1, 0.15) is 132 Å². The molecule has 2 aromatic heterocycles. The molecule has 0 saturated heterocycles. The van der Waals surface area contributed by atoms with E-state index in [0.29, 0.717) is 6.42 Å². The van der Waals surface area contributed by atoms with Gasteiger partial charge >= 0.3 is 0 Å². The number of hydrogen-bond acceptors (Lipinski definition) is 3. The number of hydrogen-bond donors (Lipinski definition) is 5. The molecule has 2 atom stereocenters. The standard InChI is InChI=1S/C34H57N3O3/c1-4-5-6-7-8-9-10-11-12-13-14-15-16-20-33(39)32(26-38)37-34(40)21-18-17-19-29-22-23-30(36-29)25-31-27(2)24-28(3)35-31/h16,20,22-24,32-33,35-36,38-39H,4-15,17-19,21,25-26H2,1-3H3,(H,37,40)/b20-16+/t32-,33+/m0/s1. The molecule has 0 aliphatic rings. The zero-order valence-electron chi connectivity index (χ0n) is 25.6. The van der Waals surface area contributed by atoms with Crippen molar-refractivity contribution in [1.82, 2.24) is 15.3 Å². The van der Waals surface area contributed by atoms with Crippen molar-refractivity contribution < 1.29 is 15.0 Å².